The van der Waals surface area contributed by atoms with Crippen molar-refractivity contribution >= 4 is 11.6 Å². The maximum Gasteiger partial charge on any atom is 0.166 e. The molecule has 0 radical (unpaired) electrons. The van der Waals surface area contributed by atoms with Crippen LogP contribution >= 0.6 is 11.6 Å². The first-order valence-electron chi connectivity index (χ1n) is 7.82. The van der Waals surface area contributed by atoms with Crippen molar-refractivity contribution in [1.82, 2.24) is 5.32 Å². The van der Waals surface area contributed by atoms with Crippen LogP contribution in [0.1, 0.15) is 37.9 Å². The predicted octanol–water partition coefficient (Wildman–Crippen LogP) is 4.99. The molecule has 124 valence electrons. The summed E-state index contributed by atoms with van der Waals surface area (Å²) < 4.78 is 11.4. The number of benzene rings is 2. The number of hydrogen-bond acceptors (Lipinski definition) is 3. The SMILES string of the molecule is COc1cc(Cl)cc(CN[C@H](C)c2ccccc2)c1OC(C)C. The van der Waals surface area contributed by atoms with E-state index in [0.717, 1.165) is 11.3 Å². The van der Waals surface area contributed by atoms with Crippen LogP contribution in [0.3, 0.4) is 0 Å². The van der Waals surface area contributed by atoms with Crippen molar-refractivity contribution in [2.45, 2.75) is 39.5 Å². The third-order valence-electron chi connectivity index (χ3n) is 3.57. The standard InChI is InChI=1S/C19H24ClNO2/c1-13(2)23-19-16(10-17(20)11-18(19)22-4)12-21-14(3)15-8-6-5-7-9-15/h5-11,13-14,21H,12H2,1-4H3/t14-/m1/s1. The molecule has 3 nitrogen and oxygen atoms in total. The molecule has 0 aliphatic carbocycles. The molecule has 0 saturated heterocycles. The van der Waals surface area contributed by atoms with Gasteiger partial charge in [0.15, 0.2) is 11.5 Å². The number of nitrogens with one attached hydrogen (secondary N) is 1. The smallest absolute Gasteiger partial charge is 0.166 e. The molecule has 1 N–H and O–H groups in total. The zero-order valence-electron chi connectivity index (χ0n) is 14.1. The lowest BCUT2D eigenvalue weighted by atomic mass is 10.1. The minimum atomic E-state index is 0.0652. The molecule has 0 saturated carbocycles. The Morgan fingerprint density at radius 3 is 2.39 bits per heavy atom. The summed E-state index contributed by atoms with van der Waals surface area (Å²) >= 11 is 6.21. The number of halogens is 1. The van der Waals surface area contributed by atoms with Crippen LogP contribution in [0.25, 0.3) is 0 Å². The molecule has 0 spiro atoms. The summed E-state index contributed by atoms with van der Waals surface area (Å²) in [5, 5.41) is 4.15. The summed E-state index contributed by atoms with van der Waals surface area (Å²) in [6, 6.07) is 14.3. The Bertz CT molecular complexity index is 629. The van der Waals surface area contributed by atoms with E-state index < -0.39 is 0 Å². The molecule has 0 aromatic heterocycles. The Balaban J connectivity index is 2.19. The van der Waals surface area contributed by atoms with E-state index in [1.807, 2.05) is 38.1 Å². The van der Waals surface area contributed by atoms with E-state index in [-0.39, 0.29) is 12.1 Å². The highest BCUT2D eigenvalue weighted by molar-refractivity contribution is 6.30. The van der Waals surface area contributed by atoms with E-state index in [9.17, 15) is 0 Å². The predicted molar refractivity (Wildman–Crippen MR) is 95.5 cm³/mol. The normalized spacial score (nSPS) is 12.3. The lowest BCUT2D eigenvalue weighted by Crippen LogP contribution is -2.19. The van der Waals surface area contributed by atoms with Gasteiger partial charge in [0.25, 0.3) is 0 Å². The van der Waals surface area contributed by atoms with Crippen molar-refractivity contribution in [2.75, 3.05) is 7.11 Å². The molecule has 2 rings (SSSR count). The van der Waals surface area contributed by atoms with E-state index in [0.29, 0.717) is 17.3 Å². The molecular weight excluding hydrogens is 310 g/mol. The minimum absolute atomic E-state index is 0.0652. The minimum Gasteiger partial charge on any atom is -0.493 e. The number of methoxy groups -OCH3 is 1. The monoisotopic (exact) mass is 333 g/mol. The molecule has 23 heavy (non-hydrogen) atoms. The molecule has 1 atom stereocenters. The molecule has 0 aliphatic rings. The summed E-state index contributed by atoms with van der Waals surface area (Å²) in [5.41, 5.74) is 2.23. The fourth-order valence-electron chi connectivity index (χ4n) is 2.40. The lowest BCUT2D eigenvalue weighted by molar-refractivity contribution is 0.227. The van der Waals surface area contributed by atoms with Crippen LogP contribution in [-0.4, -0.2) is 13.2 Å². The number of hydrogen-bond donors (Lipinski definition) is 1. The molecule has 2 aromatic carbocycles. The molecule has 0 fully saturated rings. The summed E-state index contributed by atoms with van der Waals surface area (Å²) in [5.74, 6) is 1.41. The maximum absolute atomic E-state index is 6.21. The third kappa shape index (κ3) is 4.88. The second-order valence-electron chi connectivity index (χ2n) is 5.78. The Morgan fingerprint density at radius 2 is 1.78 bits per heavy atom. The fraction of sp³-hybridized carbons (Fsp3) is 0.368. The summed E-state index contributed by atoms with van der Waals surface area (Å²) in [4.78, 5) is 0. The van der Waals surface area contributed by atoms with Crippen LogP contribution < -0.4 is 14.8 Å². The Kier molecular flexibility index (Phi) is 6.31. The molecule has 4 heteroatoms. The highest BCUT2D eigenvalue weighted by Gasteiger charge is 2.15. The van der Waals surface area contributed by atoms with Gasteiger partial charge < -0.3 is 14.8 Å². The van der Waals surface area contributed by atoms with Crippen molar-refractivity contribution in [3.8, 4) is 11.5 Å². The van der Waals surface area contributed by atoms with Gasteiger partial charge in [-0.3, -0.25) is 0 Å². The van der Waals surface area contributed by atoms with E-state index in [1.54, 1.807) is 13.2 Å². The Hall–Kier alpha value is -1.71. The quantitative estimate of drug-likeness (QED) is 0.774. The van der Waals surface area contributed by atoms with E-state index in [2.05, 4.69) is 24.4 Å². The molecule has 0 bridgehead atoms. The van der Waals surface area contributed by atoms with Crippen molar-refractivity contribution in [3.05, 3.63) is 58.6 Å². The first-order chi connectivity index (χ1) is 11.0. The van der Waals surface area contributed by atoms with Crippen LogP contribution in [0.2, 0.25) is 5.02 Å². The van der Waals surface area contributed by atoms with Crippen LogP contribution in [0.4, 0.5) is 0 Å². The second kappa shape index (κ2) is 8.23. The topological polar surface area (TPSA) is 30.5 Å². The van der Waals surface area contributed by atoms with Gasteiger partial charge in [0.2, 0.25) is 0 Å². The Labute approximate surface area is 143 Å². The number of ether oxygens (including phenoxy) is 2. The maximum atomic E-state index is 6.21. The van der Waals surface area contributed by atoms with Gasteiger partial charge in [-0.25, -0.2) is 0 Å². The summed E-state index contributed by atoms with van der Waals surface area (Å²) in [7, 11) is 1.63. The molecule has 0 amide bonds. The van der Waals surface area contributed by atoms with Crippen molar-refractivity contribution in [3.63, 3.8) is 0 Å². The zero-order chi connectivity index (χ0) is 16.8. The van der Waals surface area contributed by atoms with Crippen LogP contribution in [0, 0.1) is 0 Å². The third-order valence-corrected chi connectivity index (χ3v) is 3.79. The molecule has 0 heterocycles. The van der Waals surface area contributed by atoms with E-state index >= 15 is 0 Å². The first kappa shape index (κ1) is 17.6. The molecule has 2 aromatic rings. The zero-order valence-corrected chi connectivity index (χ0v) is 14.9. The Morgan fingerprint density at radius 1 is 1.09 bits per heavy atom. The molecular formula is C19H24ClNO2. The second-order valence-corrected chi connectivity index (χ2v) is 6.21. The number of rotatable bonds is 7. The highest BCUT2D eigenvalue weighted by atomic mass is 35.5. The van der Waals surface area contributed by atoms with Gasteiger partial charge in [0.05, 0.1) is 13.2 Å². The first-order valence-corrected chi connectivity index (χ1v) is 8.20. The van der Waals surface area contributed by atoms with Crippen LogP contribution in [-0.2, 0) is 6.54 Å². The lowest BCUT2D eigenvalue weighted by Gasteiger charge is -2.20. The average Bonchev–Trinajstić information content (AvgIpc) is 2.54. The van der Waals surface area contributed by atoms with Gasteiger partial charge in [-0.15, -0.1) is 0 Å². The van der Waals surface area contributed by atoms with E-state index in [4.69, 9.17) is 21.1 Å². The van der Waals surface area contributed by atoms with Crippen molar-refractivity contribution in [1.29, 1.82) is 0 Å². The average molecular weight is 334 g/mol. The summed E-state index contributed by atoms with van der Waals surface area (Å²) in [6.07, 6.45) is 0.0652. The van der Waals surface area contributed by atoms with Crippen LogP contribution in [0.15, 0.2) is 42.5 Å². The van der Waals surface area contributed by atoms with Gasteiger partial charge in [-0.2, -0.15) is 0 Å². The van der Waals surface area contributed by atoms with Gasteiger partial charge in [-0.1, -0.05) is 41.9 Å². The van der Waals surface area contributed by atoms with Crippen molar-refractivity contribution in [2.24, 2.45) is 0 Å². The largest absolute Gasteiger partial charge is 0.493 e. The van der Waals surface area contributed by atoms with Gasteiger partial charge in [0, 0.05) is 29.2 Å². The molecule has 0 aliphatic heterocycles. The fourth-order valence-corrected chi connectivity index (χ4v) is 2.63. The van der Waals surface area contributed by atoms with Gasteiger partial charge >= 0.3 is 0 Å². The van der Waals surface area contributed by atoms with Gasteiger partial charge in [-0.05, 0) is 32.4 Å². The van der Waals surface area contributed by atoms with E-state index in [1.165, 1.54) is 5.56 Å². The highest BCUT2D eigenvalue weighted by Crippen LogP contribution is 2.35. The molecule has 0 unspecified atom stereocenters. The van der Waals surface area contributed by atoms with Crippen LogP contribution in [0.5, 0.6) is 11.5 Å². The van der Waals surface area contributed by atoms with Crippen molar-refractivity contribution < 1.29 is 9.47 Å². The van der Waals surface area contributed by atoms with Gasteiger partial charge in [0.1, 0.15) is 0 Å². The summed E-state index contributed by atoms with van der Waals surface area (Å²) in [6.45, 7) is 6.78.